The van der Waals surface area contributed by atoms with Gasteiger partial charge in [0.2, 0.25) is 0 Å². The standard InChI is InChI=1S/C43H31BN2S/c1-26-14-7-8-19-30(26)37-34-23-12-22-32-31-21-13-24-35-38(31)44(46(41(32)34)40(37)29-17-5-4-6-18-29)43-42(33-20-9-10-25-36(33)47-43)45(35)39-27(2)15-11-16-28(39)3/h4-25H,1-3H3. The van der Waals surface area contributed by atoms with Gasteiger partial charge in [-0.15, -0.1) is 11.3 Å². The molecule has 2 aliphatic heterocycles. The molecule has 0 N–H and O–H groups in total. The van der Waals surface area contributed by atoms with E-state index in [-0.39, 0.29) is 6.85 Å². The van der Waals surface area contributed by atoms with Crippen LogP contribution >= 0.6 is 11.3 Å². The van der Waals surface area contributed by atoms with Gasteiger partial charge in [-0.3, -0.25) is 0 Å². The Labute approximate surface area is 279 Å². The third kappa shape index (κ3) is 3.57. The molecule has 47 heavy (non-hydrogen) atoms. The second-order valence-electron chi connectivity index (χ2n) is 13.0. The van der Waals surface area contributed by atoms with Crippen molar-refractivity contribution < 1.29 is 0 Å². The molecule has 0 bridgehead atoms. The first kappa shape index (κ1) is 26.9. The second-order valence-corrected chi connectivity index (χ2v) is 14.1. The Hall–Kier alpha value is -5.32. The third-order valence-electron chi connectivity index (χ3n) is 10.4. The van der Waals surface area contributed by atoms with Crippen LogP contribution in [0.2, 0.25) is 0 Å². The maximum atomic E-state index is 2.71. The summed E-state index contributed by atoms with van der Waals surface area (Å²) in [5.74, 6) is 0. The lowest BCUT2D eigenvalue weighted by atomic mass is 9.48. The van der Waals surface area contributed by atoms with Gasteiger partial charge < -0.3 is 9.38 Å². The molecule has 0 atom stereocenters. The number of rotatable bonds is 3. The summed E-state index contributed by atoms with van der Waals surface area (Å²) in [5.41, 5.74) is 18.2. The predicted molar refractivity (Wildman–Crippen MR) is 203 cm³/mol. The first-order chi connectivity index (χ1) is 23.1. The number of hydrogen-bond acceptors (Lipinski definition) is 2. The lowest BCUT2D eigenvalue weighted by Crippen LogP contribution is -2.55. The monoisotopic (exact) mass is 618 g/mol. The molecule has 2 aromatic heterocycles. The molecule has 222 valence electrons. The van der Waals surface area contributed by atoms with E-state index in [1.807, 2.05) is 11.3 Å². The molecule has 4 heteroatoms. The van der Waals surface area contributed by atoms with Crippen LogP contribution in [0, 0.1) is 20.8 Å². The van der Waals surface area contributed by atoms with Crippen molar-refractivity contribution in [3.05, 3.63) is 150 Å². The molecule has 4 heterocycles. The smallest absolute Gasteiger partial charge is 0.343 e. The Morgan fingerprint density at radius 2 is 1.17 bits per heavy atom. The number of anilines is 3. The quantitative estimate of drug-likeness (QED) is 0.179. The number of benzene rings is 6. The number of para-hydroxylation sites is 2. The molecular formula is C43H31BN2S. The molecule has 6 aromatic carbocycles. The molecule has 0 radical (unpaired) electrons. The SMILES string of the molecule is Cc1ccccc1-c1c(-c2ccccc2)n2c3c(cccc13)-c1cccc3c1B2c1sc2ccccc2c1N3c1c(C)cccc1C. The van der Waals surface area contributed by atoms with Crippen molar-refractivity contribution in [2.75, 3.05) is 4.90 Å². The minimum absolute atomic E-state index is 0.0274. The van der Waals surface area contributed by atoms with Crippen LogP contribution in [0.5, 0.6) is 0 Å². The van der Waals surface area contributed by atoms with Gasteiger partial charge in [-0.25, -0.2) is 0 Å². The zero-order valence-corrected chi connectivity index (χ0v) is 27.4. The minimum Gasteiger partial charge on any atom is -0.374 e. The summed E-state index contributed by atoms with van der Waals surface area (Å²) in [4.78, 5) is 2.59. The van der Waals surface area contributed by atoms with Crippen molar-refractivity contribution in [2.45, 2.75) is 20.8 Å². The number of aryl methyl sites for hydroxylation is 3. The van der Waals surface area contributed by atoms with Gasteiger partial charge in [0.15, 0.2) is 0 Å². The topological polar surface area (TPSA) is 8.17 Å². The Balaban J connectivity index is 1.42. The largest absolute Gasteiger partial charge is 0.374 e. The summed E-state index contributed by atoms with van der Waals surface area (Å²) < 4.78 is 5.43. The number of nitrogens with zero attached hydrogens (tertiary/aromatic N) is 2. The molecule has 10 rings (SSSR count). The van der Waals surface area contributed by atoms with Crippen molar-refractivity contribution in [2.24, 2.45) is 0 Å². The van der Waals surface area contributed by atoms with Crippen LogP contribution in [-0.4, -0.2) is 11.3 Å². The fourth-order valence-corrected chi connectivity index (χ4v) is 9.76. The van der Waals surface area contributed by atoms with Crippen LogP contribution in [0.4, 0.5) is 17.1 Å². The van der Waals surface area contributed by atoms with Crippen molar-refractivity contribution in [3.63, 3.8) is 0 Å². The molecule has 0 saturated heterocycles. The zero-order valence-electron chi connectivity index (χ0n) is 26.6. The number of hydrogen-bond donors (Lipinski definition) is 0. The van der Waals surface area contributed by atoms with E-state index in [2.05, 4.69) is 164 Å². The van der Waals surface area contributed by atoms with Gasteiger partial charge in [0, 0.05) is 48.3 Å². The van der Waals surface area contributed by atoms with Crippen LogP contribution in [-0.2, 0) is 0 Å². The van der Waals surface area contributed by atoms with E-state index >= 15 is 0 Å². The third-order valence-corrected chi connectivity index (χ3v) is 11.6. The average Bonchev–Trinajstić information content (AvgIpc) is 3.65. The highest BCUT2D eigenvalue weighted by Gasteiger charge is 2.45. The molecule has 2 aliphatic rings. The van der Waals surface area contributed by atoms with Gasteiger partial charge in [0.1, 0.15) is 0 Å². The van der Waals surface area contributed by atoms with Crippen LogP contribution in [0.3, 0.4) is 0 Å². The number of thiophene rings is 1. The molecule has 8 aromatic rings. The van der Waals surface area contributed by atoms with E-state index < -0.39 is 0 Å². The van der Waals surface area contributed by atoms with E-state index in [1.165, 1.54) is 98.5 Å². The van der Waals surface area contributed by atoms with Gasteiger partial charge in [-0.2, -0.15) is 0 Å². The van der Waals surface area contributed by atoms with Gasteiger partial charge in [-0.05, 0) is 71.7 Å². The summed E-state index contributed by atoms with van der Waals surface area (Å²) in [7, 11) is 0. The molecule has 2 nitrogen and oxygen atoms in total. The molecule has 0 aliphatic carbocycles. The molecule has 0 unspecified atom stereocenters. The fourth-order valence-electron chi connectivity index (χ4n) is 8.47. The Morgan fingerprint density at radius 3 is 2.00 bits per heavy atom. The predicted octanol–water partition coefficient (Wildman–Crippen LogP) is 10.5. The normalized spacial score (nSPS) is 12.9. The van der Waals surface area contributed by atoms with Crippen LogP contribution < -0.4 is 15.1 Å². The fraction of sp³-hybridized carbons (Fsp3) is 0.0698. The van der Waals surface area contributed by atoms with Crippen molar-refractivity contribution in [1.82, 2.24) is 4.48 Å². The van der Waals surface area contributed by atoms with E-state index in [9.17, 15) is 0 Å². The summed E-state index contributed by atoms with van der Waals surface area (Å²) in [5, 5.41) is 2.63. The highest BCUT2D eigenvalue weighted by molar-refractivity contribution is 7.31. The number of fused-ring (bicyclic) bond motifs is 6. The van der Waals surface area contributed by atoms with Gasteiger partial charge in [0.25, 0.3) is 0 Å². The lowest BCUT2D eigenvalue weighted by Gasteiger charge is -2.40. The summed E-state index contributed by atoms with van der Waals surface area (Å²) >= 11 is 1.96. The zero-order chi connectivity index (χ0) is 31.4. The van der Waals surface area contributed by atoms with Crippen LogP contribution in [0.1, 0.15) is 16.7 Å². The highest BCUT2D eigenvalue weighted by Crippen LogP contribution is 2.51. The van der Waals surface area contributed by atoms with E-state index in [0.717, 1.165) is 0 Å². The van der Waals surface area contributed by atoms with Crippen molar-refractivity contribution in [3.8, 4) is 33.5 Å². The average molecular weight is 619 g/mol. The van der Waals surface area contributed by atoms with Gasteiger partial charge in [0.05, 0.1) is 11.4 Å². The molecule has 0 fully saturated rings. The van der Waals surface area contributed by atoms with Crippen LogP contribution in [0.25, 0.3) is 54.5 Å². The van der Waals surface area contributed by atoms with Crippen LogP contribution in [0.15, 0.2) is 133 Å². The summed E-state index contributed by atoms with van der Waals surface area (Å²) in [6.45, 7) is 6.78. The van der Waals surface area contributed by atoms with Gasteiger partial charge >= 0.3 is 6.85 Å². The Kier molecular flexibility index (Phi) is 5.62. The molecule has 0 saturated carbocycles. The van der Waals surface area contributed by atoms with Crippen molar-refractivity contribution >= 4 is 66.5 Å². The number of aromatic nitrogens is 1. The molecule has 0 spiro atoms. The highest BCUT2D eigenvalue weighted by atomic mass is 32.1. The maximum Gasteiger partial charge on any atom is 0.343 e. The first-order valence-electron chi connectivity index (χ1n) is 16.4. The summed E-state index contributed by atoms with van der Waals surface area (Å²) in [6, 6.07) is 49.6. The van der Waals surface area contributed by atoms with E-state index in [0.29, 0.717) is 0 Å². The molecular weight excluding hydrogens is 587 g/mol. The van der Waals surface area contributed by atoms with E-state index in [1.54, 1.807) is 0 Å². The maximum absolute atomic E-state index is 2.71. The second kappa shape index (κ2) is 9.84. The van der Waals surface area contributed by atoms with Crippen molar-refractivity contribution in [1.29, 1.82) is 0 Å². The first-order valence-corrected chi connectivity index (χ1v) is 17.2. The van der Waals surface area contributed by atoms with Gasteiger partial charge in [-0.1, -0.05) is 121 Å². The Bertz CT molecular complexity index is 2550. The lowest BCUT2D eigenvalue weighted by molar-refractivity contribution is 1.21. The summed E-state index contributed by atoms with van der Waals surface area (Å²) in [6.07, 6.45) is 0. The molecule has 0 amide bonds. The van der Waals surface area contributed by atoms with E-state index in [4.69, 9.17) is 0 Å². The Morgan fingerprint density at radius 1 is 0.532 bits per heavy atom. The minimum atomic E-state index is 0.0274.